The summed E-state index contributed by atoms with van der Waals surface area (Å²) < 4.78 is 76.1. The Kier molecular flexibility index (Phi) is 5.56. The van der Waals surface area contributed by atoms with Gasteiger partial charge in [0, 0.05) is 17.7 Å². The summed E-state index contributed by atoms with van der Waals surface area (Å²) in [5.41, 5.74) is 0.867. The van der Waals surface area contributed by atoms with Crippen molar-refractivity contribution in [3.63, 3.8) is 0 Å². The minimum atomic E-state index is -4.68. The van der Waals surface area contributed by atoms with Crippen LogP contribution in [-0.4, -0.2) is 20.7 Å². The topological polar surface area (TPSA) is 81.4 Å². The molecule has 1 N–H and O–H groups in total. The Morgan fingerprint density at radius 3 is 2.52 bits per heavy atom. The van der Waals surface area contributed by atoms with Gasteiger partial charge in [-0.1, -0.05) is 30.3 Å². The van der Waals surface area contributed by atoms with Crippen LogP contribution in [0.2, 0.25) is 0 Å². The number of hydrogen-bond donors (Lipinski definition) is 1. The molecule has 0 spiro atoms. The average Bonchev–Trinajstić information content (AvgIpc) is 3.18. The molecule has 1 heterocycles. The third kappa shape index (κ3) is 4.53. The van der Waals surface area contributed by atoms with Gasteiger partial charge in [0.15, 0.2) is 0 Å². The summed E-state index contributed by atoms with van der Waals surface area (Å²) in [5.74, 6) is -0.789. The van der Waals surface area contributed by atoms with Crippen LogP contribution in [0.1, 0.15) is 18.2 Å². The van der Waals surface area contributed by atoms with Crippen molar-refractivity contribution in [3.8, 4) is 17.0 Å². The Morgan fingerprint density at radius 2 is 1.90 bits per heavy atom. The van der Waals surface area contributed by atoms with Crippen molar-refractivity contribution in [2.24, 2.45) is 0 Å². The lowest BCUT2D eigenvalue weighted by Crippen LogP contribution is -2.15. The van der Waals surface area contributed by atoms with E-state index in [1.807, 2.05) is 0 Å². The first kappa shape index (κ1) is 20.7. The highest BCUT2D eigenvalue weighted by atomic mass is 32.2. The van der Waals surface area contributed by atoms with Gasteiger partial charge in [-0.3, -0.25) is 4.72 Å². The van der Waals surface area contributed by atoms with Crippen LogP contribution >= 0.6 is 0 Å². The van der Waals surface area contributed by atoms with E-state index in [1.165, 1.54) is 31.4 Å². The van der Waals surface area contributed by atoms with Crippen LogP contribution in [0.4, 0.5) is 18.9 Å². The first-order valence-corrected chi connectivity index (χ1v) is 9.96. The van der Waals surface area contributed by atoms with Crippen molar-refractivity contribution in [1.29, 1.82) is 0 Å². The van der Waals surface area contributed by atoms with Crippen LogP contribution in [-0.2, 0) is 22.6 Å². The quantitative estimate of drug-likeness (QED) is 0.616. The molecule has 10 heteroatoms. The third-order valence-corrected chi connectivity index (χ3v) is 5.61. The molecule has 0 aliphatic heterocycles. The normalized spacial score (nSPS) is 12.0. The number of methoxy groups -OCH3 is 1. The van der Waals surface area contributed by atoms with Gasteiger partial charge in [-0.2, -0.15) is 13.2 Å². The molecule has 154 valence electrons. The summed E-state index contributed by atoms with van der Waals surface area (Å²) in [6, 6.07) is 11.4. The number of rotatable bonds is 6. The summed E-state index contributed by atoms with van der Waals surface area (Å²) in [7, 11) is -2.56. The largest absolute Gasteiger partial charge is 0.497 e. The van der Waals surface area contributed by atoms with E-state index < -0.39 is 22.0 Å². The smallest absolute Gasteiger partial charge is 0.452 e. The van der Waals surface area contributed by atoms with Crippen LogP contribution in [0.5, 0.6) is 5.75 Å². The van der Waals surface area contributed by atoms with Gasteiger partial charge in [-0.15, -0.1) is 0 Å². The van der Waals surface area contributed by atoms with Gasteiger partial charge < -0.3 is 9.26 Å². The number of ether oxygens (including phenoxy) is 1. The van der Waals surface area contributed by atoms with E-state index in [9.17, 15) is 21.6 Å². The molecule has 0 aliphatic rings. The second-order valence-corrected chi connectivity index (χ2v) is 7.74. The number of hydrogen-bond acceptors (Lipinski definition) is 5. The van der Waals surface area contributed by atoms with Gasteiger partial charge in [0.2, 0.25) is 5.76 Å². The first-order chi connectivity index (χ1) is 13.6. The molecule has 0 bridgehead atoms. The summed E-state index contributed by atoms with van der Waals surface area (Å²) >= 11 is 0. The molecule has 0 atom stereocenters. The van der Waals surface area contributed by atoms with Gasteiger partial charge in [0.1, 0.15) is 11.4 Å². The molecule has 1 aromatic heterocycles. The van der Waals surface area contributed by atoms with Crippen LogP contribution in [0, 0.1) is 0 Å². The van der Waals surface area contributed by atoms with E-state index in [-0.39, 0.29) is 21.8 Å². The summed E-state index contributed by atoms with van der Waals surface area (Å²) in [6.07, 6.45) is -4.28. The lowest BCUT2D eigenvalue weighted by molar-refractivity contribution is -0.155. The minimum absolute atomic E-state index is 0.0584. The summed E-state index contributed by atoms with van der Waals surface area (Å²) in [5, 5.41) is 3.41. The molecule has 0 unspecified atom stereocenters. The number of nitrogens with zero attached hydrogens (tertiary/aromatic N) is 1. The number of halogens is 3. The van der Waals surface area contributed by atoms with Crippen molar-refractivity contribution in [1.82, 2.24) is 5.16 Å². The maximum absolute atomic E-state index is 13.0. The molecule has 3 aromatic rings. The van der Waals surface area contributed by atoms with E-state index in [2.05, 4.69) is 14.4 Å². The third-order valence-electron chi connectivity index (χ3n) is 4.14. The number of aryl methyl sites for hydroxylation is 1. The standard InChI is InChI=1S/C19H17F3N2O4S/c1-3-12-7-8-13(16-11-18(28-23-16)19(20,21)22)9-17(12)29(25,26)24-14-5-4-6-15(10-14)27-2/h4-11,24H,3H2,1-2H3. The fraction of sp³-hybridized carbons (Fsp3) is 0.211. The number of alkyl halides is 3. The highest BCUT2D eigenvalue weighted by Crippen LogP contribution is 2.33. The molecule has 0 amide bonds. The van der Waals surface area contributed by atoms with E-state index in [1.54, 1.807) is 25.1 Å². The molecule has 29 heavy (non-hydrogen) atoms. The summed E-state index contributed by atoms with van der Waals surface area (Å²) in [4.78, 5) is -0.0584. The molecule has 0 radical (unpaired) electrons. The Morgan fingerprint density at radius 1 is 1.14 bits per heavy atom. The zero-order chi connectivity index (χ0) is 21.2. The number of anilines is 1. The predicted molar refractivity (Wildman–Crippen MR) is 100 cm³/mol. The zero-order valence-corrected chi connectivity index (χ0v) is 16.3. The zero-order valence-electron chi connectivity index (χ0n) is 15.4. The fourth-order valence-corrected chi connectivity index (χ4v) is 4.08. The van der Waals surface area contributed by atoms with Crippen molar-refractivity contribution in [3.05, 3.63) is 59.9 Å². The number of nitrogens with one attached hydrogen (secondary N) is 1. The van der Waals surface area contributed by atoms with Crippen LogP contribution < -0.4 is 9.46 Å². The van der Waals surface area contributed by atoms with Crippen molar-refractivity contribution in [2.45, 2.75) is 24.4 Å². The predicted octanol–water partition coefficient (Wildman–Crippen LogP) is 4.73. The van der Waals surface area contributed by atoms with E-state index in [0.29, 0.717) is 17.7 Å². The Bertz CT molecular complexity index is 1120. The second kappa shape index (κ2) is 7.78. The highest BCUT2D eigenvalue weighted by Gasteiger charge is 2.36. The molecule has 3 rings (SSSR count). The molecule has 0 fully saturated rings. The Balaban J connectivity index is 2.01. The van der Waals surface area contributed by atoms with Crippen LogP contribution in [0.3, 0.4) is 0 Å². The SMILES string of the molecule is CCc1ccc(-c2cc(C(F)(F)F)on2)cc1S(=O)(=O)Nc1cccc(OC)c1. The molecular formula is C19H17F3N2O4S. The monoisotopic (exact) mass is 426 g/mol. The van der Waals surface area contributed by atoms with Gasteiger partial charge in [0.25, 0.3) is 10.0 Å². The van der Waals surface area contributed by atoms with Crippen molar-refractivity contribution >= 4 is 15.7 Å². The number of sulfonamides is 1. The van der Waals surface area contributed by atoms with E-state index >= 15 is 0 Å². The Hall–Kier alpha value is -3.01. The van der Waals surface area contributed by atoms with Gasteiger partial charge in [-0.25, -0.2) is 8.42 Å². The maximum Gasteiger partial charge on any atom is 0.452 e. The maximum atomic E-state index is 13.0. The fourth-order valence-electron chi connectivity index (χ4n) is 2.70. The molecular weight excluding hydrogens is 409 g/mol. The van der Waals surface area contributed by atoms with Crippen LogP contribution in [0.25, 0.3) is 11.3 Å². The Labute approximate surface area is 165 Å². The lowest BCUT2D eigenvalue weighted by Gasteiger charge is -2.13. The molecule has 0 aliphatic carbocycles. The molecule has 6 nitrogen and oxygen atoms in total. The number of benzene rings is 2. The molecule has 0 saturated heterocycles. The lowest BCUT2D eigenvalue weighted by atomic mass is 10.1. The summed E-state index contributed by atoms with van der Waals surface area (Å²) in [6.45, 7) is 1.78. The second-order valence-electron chi connectivity index (χ2n) is 6.09. The van der Waals surface area contributed by atoms with Crippen molar-refractivity contribution < 1.29 is 30.8 Å². The average molecular weight is 426 g/mol. The van der Waals surface area contributed by atoms with Gasteiger partial charge in [0.05, 0.1) is 17.7 Å². The van der Waals surface area contributed by atoms with E-state index in [4.69, 9.17) is 4.74 Å². The van der Waals surface area contributed by atoms with E-state index in [0.717, 1.165) is 6.07 Å². The number of aromatic nitrogens is 1. The molecule has 0 saturated carbocycles. The van der Waals surface area contributed by atoms with Crippen molar-refractivity contribution in [2.75, 3.05) is 11.8 Å². The van der Waals surface area contributed by atoms with Gasteiger partial charge >= 0.3 is 6.18 Å². The molecule has 2 aromatic carbocycles. The minimum Gasteiger partial charge on any atom is -0.497 e. The van der Waals surface area contributed by atoms with Crippen LogP contribution in [0.15, 0.2) is 57.9 Å². The van der Waals surface area contributed by atoms with Gasteiger partial charge in [-0.05, 0) is 30.2 Å². The highest BCUT2D eigenvalue weighted by molar-refractivity contribution is 7.92. The first-order valence-electron chi connectivity index (χ1n) is 8.48.